The molecule has 1 saturated heterocycles. The summed E-state index contributed by atoms with van der Waals surface area (Å²) in [4.78, 5) is 11.2. The summed E-state index contributed by atoms with van der Waals surface area (Å²) in [5.41, 5.74) is 0. The molecule has 3 bridgehead atoms. The van der Waals surface area contributed by atoms with Crippen LogP contribution in [-0.2, 0) is 9.53 Å². The number of hydrogen-bond acceptors (Lipinski definition) is 2. The van der Waals surface area contributed by atoms with Crippen LogP contribution < -0.4 is 0 Å². The molecular weight excluding hydrogens is 140 g/mol. The van der Waals surface area contributed by atoms with Crippen molar-refractivity contribution in [1.29, 1.82) is 0 Å². The number of hydrogen-bond donors (Lipinski definition) is 0. The standard InChI is InChI=1S/C9H12O2/c10-9-7-2-5-1-6(4-7)8(3-5)11-9/h5-8H,1-4H2. The summed E-state index contributed by atoms with van der Waals surface area (Å²) < 4.78 is 5.33. The Morgan fingerprint density at radius 3 is 3.00 bits per heavy atom. The number of rotatable bonds is 0. The zero-order chi connectivity index (χ0) is 7.42. The van der Waals surface area contributed by atoms with Crippen molar-refractivity contribution in [3.63, 3.8) is 0 Å². The second-order valence-corrected chi connectivity index (χ2v) is 4.24. The molecule has 3 rings (SSSR count). The maximum atomic E-state index is 11.2. The van der Waals surface area contributed by atoms with Crippen LogP contribution in [0.5, 0.6) is 0 Å². The highest BCUT2D eigenvalue weighted by Crippen LogP contribution is 2.49. The molecule has 0 radical (unpaired) electrons. The topological polar surface area (TPSA) is 26.3 Å². The Labute approximate surface area is 65.9 Å². The van der Waals surface area contributed by atoms with E-state index >= 15 is 0 Å². The highest BCUT2D eigenvalue weighted by molar-refractivity contribution is 5.74. The van der Waals surface area contributed by atoms with Gasteiger partial charge >= 0.3 is 5.97 Å². The first kappa shape index (κ1) is 6.04. The Morgan fingerprint density at radius 2 is 2.09 bits per heavy atom. The van der Waals surface area contributed by atoms with Gasteiger partial charge in [-0.05, 0) is 37.5 Å². The van der Waals surface area contributed by atoms with Crippen molar-refractivity contribution < 1.29 is 9.53 Å². The molecule has 4 atom stereocenters. The van der Waals surface area contributed by atoms with E-state index in [1.54, 1.807) is 0 Å². The summed E-state index contributed by atoms with van der Waals surface area (Å²) in [6, 6.07) is 0. The highest BCUT2D eigenvalue weighted by atomic mass is 16.5. The second-order valence-electron chi connectivity index (χ2n) is 4.24. The van der Waals surface area contributed by atoms with E-state index in [4.69, 9.17) is 4.74 Å². The van der Waals surface area contributed by atoms with Crippen molar-refractivity contribution in [3.05, 3.63) is 0 Å². The number of fused-ring (bicyclic) bond motifs is 2. The lowest BCUT2D eigenvalue weighted by Crippen LogP contribution is -2.35. The molecule has 0 aromatic heterocycles. The first-order chi connectivity index (χ1) is 5.33. The molecule has 1 aliphatic heterocycles. The van der Waals surface area contributed by atoms with Crippen LogP contribution in [-0.4, -0.2) is 12.1 Å². The van der Waals surface area contributed by atoms with Crippen LogP contribution >= 0.6 is 0 Å². The SMILES string of the molecule is O=C1OC2CC3CC1CC2C3. The van der Waals surface area contributed by atoms with Gasteiger partial charge in [0.05, 0.1) is 5.92 Å². The molecule has 0 N–H and O–H groups in total. The van der Waals surface area contributed by atoms with Crippen molar-refractivity contribution in [2.45, 2.75) is 31.8 Å². The molecule has 60 valence electrons. The van der Waals surface area contributed by atoms with Gasteiger partial charge in [-0.2, -0.15) is 0 Å². The molecule has 3 aliphatic rings. The zero-order valence-electron chi connectivity index (χ0n) is 6.45. The van der Waals surface area contributed by atoms with Crippen LogP contribution in [0.3, 0.4) is 0 Å². The van der Waals surface area contributed by atoms with Crippen LogP contribution in [0.25, 0.3) is 0 Å². The van der Waals surface area contributed by atoms with Gasteiger partial charge in [0.2, 0.25) is 0 Å². The molecule has 1 heterocycles. The predicted octanol–water partition coefficient (Wildman–Crippen LogP) is 1.35. The largest absolute Gasteiger partial charge is 0.462 e. The van der Waals surface area contributed by atoms with Crippen molar-refractivity contribution in [3.8, 4) is 0 Å². The van der Waals surface area contributed by atoms with E-state index in [0.29, 0.717) is 6.10 Å². The van der Waals surface area contributed by atoms with Gasteiger partial charge < -0.3 is 4.74 Å². The van der Waals surface area contributed by atoms with Crippen LogP contribution in [0.15, 0.2) is 0 Å². The van der Waals surface area contributed by atoms with E-state index in [-0.39, 0.29) is 11.9 Å². The third-order valence-electron chi connectivity index (χ3n) is 3.53. The van der Waals surface area contributed by atoms with Crippen LogP contribution in [0.1, 0.15) is 25.7 Å². The summed E-state index contributed by atoms with van der Waals surface area (Å²) in [6.45, 7) is 0. The fourth-order valence-corrected chi connectivity index (χ4v) is 3.08. The molecule has 2 aliphatic carbocycles. The lowest BCUT2D eigenvalue weighted by Gasteiger charge is -2.32. The highest BCUT2D eigenvalue weighted by Gasteiger charge is 2.49. The van der Waals surface area contributed by atoms with Gasteiger partial charge in [0.15, 0.2) is 0 Å². The third-order valence-corrected chi connectivity index (χ3v) is 3.53. The molecular formula is C9H12O2. The number of esters is 1. The summed E-state index contributed by atoms with van der Waals surface area (Å²) in [7, 11) is 0. The smallest absolute Gasteiger partial charge is 0.309 e. The van der Waals surface area contributed by atoms with Gasteiger partial charge in [-0.1, -0.05) is 0 Å². The van der Waals surface area contributed by atoms with E-state index in [1.165, 1.54) is 6.42 Å². The molecule has 11 heavy (non-hydrogen) atoms. The maximum Gasteiger partial charge on any atom is 0.309 e. The fraction of sp³-hybridized carbons (Fsp3) is 0.889. The molecule has 2 saturated carbocycles. The van der Waals surface area contributed by atoms with E-state index < -0.39 is 0 Å². The molecule has 3 fully saturated rings. The zero-order valence-corrected chi connectivity index (χ0v) is 6.45. The summed E-state index contributed by atoms with van der Waals surface area (Å²) in [5, 5.41) is 0. The van der Waals surface area contributed by atoms with Crippen LogP contribution in [0.2, 0.25) is 0 Å². The summed E-state index contributed by atoms with van der Waals surface area (Å²) >= 11 is 0. The van der Waals surface area contributed by atoms with Gasteiger partial charge in [0.25, 0.3) is 0 Å². The normalized spacial score (nSPS) is 52.9. The monoisotopic (exact) mass is 152 g/mol. The quantitative estimate of drug-likeness (QED) is 0.490. The van der Waals surface area contributed by atoms with Gasteiger partial charge in [-0.15, -0.1) is 0 Å². The molecule has 0 spiro atoms. The van der Waals surface area contributed by atoms with Crippen molar-refractivity contribution in [2.24, 2.45) is 17.8 Å². The summed E-state index contributed by atoms with van der Waals surface area (Å²) in [6.07, 6.45) is 5.04. The Hall–Kier alpha value is -0.530. The van der Waals surface area contributed by atoms with E-state index in [2.05, 4.69) is 0 Å². The molecule has 0 aromatic rings. The summed E-state index contributed by atoms with van der Waals surface area (Å²) in [5.74, 6) is 1.91. The van der Waals surface area contributed by atoms with Gasteiger partial charge in [-0.3, -0.25) is 4.79 Å². The first-order valence-corrected chi connectivity index (χ1v) is 4.53. The van der Waals surface area contributed by atoms with Crippen molar-refractivity contribution in [1.82, 2.24) is 0 Å². The third kappa shape index (κ3) is 0.700. The number of carbonyl (C=O) groups excluding carboxylic acids is 1. The maximum absolute atomic E-state index is 11.2. The number of carbonyl (C=O) groups is 1. The van der Waals surface area contributed by atoms with Gasteiger partial charge in [0.1, 0.15) is 6.10 Å². The lowest BCUT2D eigenvalue weighted by atomic mass is 9.80. The molecule has 0 aromatic carbocycles. The Balaban J connectivity index is 1.98. The minimum absolute atomic E-state index is 0.0912. The van der Waals surface area contributed by atoms with E-state index in [9.17, 15) is 4.79 Å². The average Bonchev–Trinajstić information content (AvgIpc) is 2.19. The molecule has 2 nitrogen and oxygen atoms in total. The van der Waals surface area contributed by atoms with E-state index in [0.717, 1.165) is 31.1 Å². The number of ether oxygens (including phenoxy) is 1. The van der Waals surface area contributed by atoms with Crippen LogP contribution in [0, 0.1) is 17.8 Å². The van der Waals surface area contributed by atoms with Gasteiger partial charge in [0, 0.05) is 0 Å². The molecule has 2 heteroatoms. The minimum Gasteiger partial charge on any atom is -0.462 e. The molecule has 0 amide bonds. The Kier molecular flexibility index (Phi) is 0.984. The lowest BCUT2D eigenvalue weighted by molar-refractivity contribution is -0.163. The van der Waals surface area contributed by atoms with Crippen molar-refractivity contribution >= 4 is 5.97 Å². The average molecular weight is 152 g/mol. The van der Waals surface area contributed by atoms with Gasteiger partial charge in [-0.25, -0.2) is 0 Å². The van der Waals surface area contributed by atoms with Crippen molar-refractivity contribution in [2.75, 3.05) is 0 Å². The minimum atomic E-state index is 0.0912. The second kappa shape index (κ2) is 1.79. The first-order valence-electron chi connectivity index (χ1n) is 4.53. The predicted molar refractivity (Wildman–Crippen MR) is 38.8 cm³/mol. The Bertz CT molecular complexity index is 210. The van der Waals surface area contributed by atoms with E-state index in [1.807, 2.05) is 0 Å². The fourth-order valence-electron chi connectivity index (χ4n) is 3.08. The Morgan fingerprint density at radius 1 is 1.18 bits per heavy atom. The molecule has 4 unspecified atom stereocenters. The van der Waals surface area contributed by atoms with Crippen LogP contribution in [0.4, 0.5) is 0 Å².